The Morgan fingerprint density at radius 1 is 0.673 bits per heavy atom. The molecule has 2 N–H and O–H groups in total. The summed E-state index contributed by atoms with van der Waals surface area (Å²) in [6, 6.07) is 26.7. The number of para-hydroxylation sites is 2. The van der Waals surface area contributed by atoms with Gasteiger partial charge in [0.05, 0.1) is 11.0 Å². The number of carbonyl (C=O) groups excluding carboxylic acids is 2. The summed E-state index contributed by atoms with van der Waals surface area (Å²) in [6.07, 6.45) is 9.74. The van der Waals surface area contributed by atoms with Gasteiger partial charge in [-0.15, -0.1) is 0 Å². The highest BCUT2D eigenvalue weighted by atomic mass is 16.2. The van der Waals surface area contributed by atoms with Crippen molar-refractivity contribution in [2.24, 2.45) is 5.73 Å². The Labute approximate surface area is 284 Å². The van der Waals surface area contributed by atoms with Gasteiger partial charge < -0.3 is 25.0 Å². The number of primary amides is 1. The molecule has 0 bridgehead atoms. The molecule has 2 atom stereocenters. The van der Waals surface area contributed by atoms with E-state index < -0.39 is 11.9 Å². The minimum absolute atomic E-state index is 0.0223. The zero-order valence-corrected chi connectivity index (χ0v) is 27.0. The molecule has 246 valence electrons. The van der Waals surface area contributed by atoms with Crippen LogP contribution in [0.2, 0.25) is 0 Å². The molecule has 2 aliphatic rings. The van der Waals surface area contributed by atoms with Crippen LogP contribution in [0.4, 0.5) is 11.6 Å². The maximum atomic E-state index is 14.6. The van der Waals surface area contributed by atoms with E-state index in [-0.39, 0.29) is 18.0 Å². The van der Waals surface area contributed by atoms with Gasteiger partial charge in [0.25, 0.3) is 5.91 Å². The first-order chi connectivity index (χ1) is 24.0. The number of carbonyl (C=O) groups is 2. The predicted octanol–water partition coefficient (Wildman–Crippen LogP) is 5.00. The molecule has 3 aromatic carbocycles. The summed E-state index contributed by atoms with van der Waals surface area (Å²) in [4.78, 5) is 52.2. The average molecular weight is 652 g/mol. The molecule has 8 rings (SSSR count). The molecule has 11 heteroatoms. The molecule has 0 radical (unpaired) electrons. The van der Waals surface area contributed by atoms with Crippen LogP contribution in [0.15, 0.2) is 110 Å². The fourth-order valence-electron chi connectivity index (χ4n) is 7.60. The van der Waals surface area contributed by atoms with Gasteiger partial charge in [-0.25, -0.2) is 19.9 Å². The maximum Gasteiger partial charge on any atom is 0.254 e. The minimum Gasteiger partial charge on any atom is -0.368 e. The van der Waals surface area contributed by atoms with Crippen molar-refractivity contribution >= 4 is 45.3 Å². The second-order valence-corrected chi connectivity index (χ2v) is 12.8. The Bertz CT molecular complexity index is 2100. The molecule has 0 aliphatic carbocycles. The number of benzene rings is 3. The van der Waals surface area contributed by atoms with Crippen molar-refractivity contribution in [3.63, 3.8) is 0 Å². The summed E-state index contributed by atoms with van der Waals surface area (Å²) in [5, 5.41) is 1.89. The van der Waals surface area contributed by atoms with Crippen LogP contribution in [0.5, 0.6) is 0 Å². The average Bonchev–Trinajstić information content (AvgIpc) is 3.70. The summed E-state index contributed by atoms with van der Waals surface area (Å²) >= 11 is 0. The lowest BCUT2D eigenvalue weighted by Gasteiger charge is -2.47. The van der Waals surface area contributed by atoms with Crippen LogP contribution >= 0.6 is 0 Å². The highest BCUT2D eigenvalue weighted by molar-refractivity contribution is 5.96. The predicted molar refractivity (Wildman–Crippen MR) is 190 cm³/mol. The monoisotopic (exact) mass is 651 g/mol. The third-order valence-corrected chi connectivity index (χ3v) is 10.0. The highest BCUT2D eigenvalue weighted by Gasteiger charge is 2.41. The number of aromatic nitrogens is 5. The molecule has 2 aliphatic heterocycles. The number of hydrogen-bond donors (Lipinski definition) is 1. The SMILES string of the molecule is NC(=O)C1CC(N(C(=O)c2ccc(-n3cccc3)cc2)C2CCN(c3ncnc4ccccc34)CC2)CCN1c1ncnc2ccccc12. The number of rotatable bonds is 7. The van der Waals surface area contributed by atoms with Crippen molar-refractivity contribution in [1.82, 2.24) is 29.4 Å². The fourth-order valence-corrected chi connectivity index (χ4v) is 7.60. The summed E-state index contributed by atoms with van der Waals surface area (Å²) in [5.74, 6) is 1.15. The Morgan fingerprint density at radius 2 is 1.27 bits per heavy atom. The molecule has 6 aromatic rings. The lowest BCUT2D eigenvalue weighted by atomic mass is 9.90. The van der Waals surface area contributed by atoms with E-state index in [4.69, 9.17) is 5.73 Å². The largest absolute Gasteiger partial charge is 0.368 e. The third kappa shape index (κ3) is 5.81. The first-order valence-corrected chi connectivity index (χ1v) is 16.8. The minimum atomic E-state index is -0.629. The van der Waals surface area contributed by atoms with Gasteiger partial charge in [-0.2, -0.15) is 0 Å². The molecule has 5 heterocycles. The van der Waals surface area contributed by atoms with Gasteiger partial charge in [0.1, 0.15) is 30.3 Å². The molecule has 3 aromatic heterocycles. The van der Waals surface area contributed by atoms with Crippen LogP contribution in [-0.2, 0) is 4.79 Å². The van der Waals surface area contributed by atoms with Crippen LogP contribution in [0.25, 0.3) is 27.5 Å². The molecule has 2 saturated heterocycles. The van der Waals surface area contributed by atoms with Crippen molar-refractivity contribution in [2.45, 2.75) is 43.8 Å². The first kappa shape index (κ1) is 30.5. The molecule has 0 spiro atoms. The number of fused-ring (bicyclic) bond motifs is 2. The maximum absolute atomic E-state index is 14.6. The van der Waals surface area contributed by atoms with E-state index in [1.54, 1.807) is 6.33 Å². The van der Waals surface area contributed by atoms with E-state index >= 15 is 0 Å². The van der Waals surface area contributed by atoms with E-state index in [0.29, 0.717) is 30.8 Å². The van der Waals surface area contributed by atoms with E-state index in [9.17, 15) is 9.59 Å². The lowest BCUT2D eigenvalue weighted by Crippen LogP contribution is -2.59. The number of nitrogens with zero attached hydrogens (tertiary/aromatic N) is 8. The Kier molecular flexibility index (Phi) is 8.08. The van der Waals surface area contributed by atoms with E-state index in [0.717, 1.165) is 59.2 Å². The molecular formula is C38H37N9O2. The number of amides is 2. The highest BCUT2D eigenvalue weighted by Crippen LogP contribution is 2.34. The molecule has 2 unspecified atom stereocenters. The van der Waals surface area contributed by atoms with Crippen molar-refractivity contribution in [2.75, 3.05) is 29.4 Å². The quantitative estimate of drug-likeness (QED) is 0.256. The summed E-state index contributed by atoms with van der Waals surface area (Å²) in [6.45, 7) is 2.02. The van der Waals surface area contributed by atoms with E-state index in [2.05, 4.69) is 35.8 Å². The summed E-state index contributed by atoms with van der Waals surface area (Å²) < 4.78 is 2.02. The van der Waals surface area contributed by atoms with Crippen LogP contribution in [0, 0.1) is 0 Å². The summed E-state index contributed by atoms with van der Waals surface area (Å²) in [7, 11) is 0. The van der Waals surface area contributed by atoms with Crippen molar-refractivity contribution in [3.8, 4) is 5.69 Å². The van der Waals surface area contributed by atoms with Crippen molar-refractivity contribution < 1.29 is 9.59 Å². The Hall–Kier alpha value is -5.84. The van der Waals surface area contributed by atoms with Gasteiger partial charge >= 0.3 is 0 Å². The number of nitrogens with two attached hydrogens (primary N) is 1. The van der Waals surface area contributed by atoms with Crippen LogP contribution in [0.1, 0.15) is 36.0 Å². The van der Waals surface area contributed by atoms with Gasteiger partial charge in [0, 0.05) is 66.1 Å². The summed E-state index contributed by atoms with van der Waals surface area (Å²) in [5.41, 5.74) is 9.44. The second-order valence-electron chi connectivity index (χ2n) is 12.8. The van der Waals surface area contributed by atoms with Crippen molar-refractivity contribution in [3.05, 3.63) is 116 Å². The van der Waals surface area contributed by atoms with Crippen molar-refractivity contribution in [1.29, 1.82) is 0 Å². The van der Waals surface area contributed by atoms with Gasteiger partial charge in [-0.1, -0.05) is 24.3 Å². The second kappa shape index (κ2) is 13.0. The molecule has 49 heavy (non-hydrogen) atoms. The molecular weight excluding hydrogens is 614 g/mol. The van der Waals surface area contributed by atoms with Crippen LogP contribution in [-0.4, -0.2) is 79.0 Å². The van der Waals surface area contributed by atoms with Gasteiger partial charge in [0.2, 0.25) is 5.91 Å². The van der Waals surface area contributed by atoms with E-state index in [1.807, 2.05) is 101 Å². The normalized spacial score (nSPS) is 18.5. The lowest BCUT2D eigenvalue weighted by molar-refractivity contribution is -0.120. The number of anilines is 2. The molecule has 11 nitrogen and oxygen atoms in total. The molecule has 0 saturated carbocycles. The zero-order chi connectivity index (χ0) is 33.3. The van der Waals surface area contributed by atoms with Gasteiger partial charge in [-0.3, -0.25) is 9.59 Å². The van der Waals surface area contributed by atoms with E-state index in [1.165, 1.54) is 6.33 Å². The third-order valence-electron chi connectivity index (χ3n) is 10.0. The van der Waals surface area contributed by atoms with Crippen LogP contribution < -0.4 is 15.5 Å². The molecule has 2 amide bonds. The molecule has 2 fully saturated rings. The van der Waals surface area contributed by atoms with Gasteiger partial charge in [-0.05, 0) is 86.3 Å². The standard InChI is InChI=1S/C38H37N9O2/c39-35(48)34-23-29(17-22-46(34)37-31-8-2-4-10-33(31)41-25-43-37)47(38(49)26-11-13-27(14-12-26)44-18-5-6-19-44)28-15-20-45(21-16-28)36-30-7-1-3-9-32(30)40-24-42-36/h1-14,18-19,24-25,28-29,34H,15-17,20-23H2,(H2,39,48). The smallest absolute Gasteiger partial charge is 0.254 e. The topological polar surface area (TPSA) is 126 Å². The zero-order valence-electron chi connectivity index (χ0n) is 27.0. The fraction of sp³-hybridized carbons (Fsp3) is 0.263. The number of hydrogen-bond acceptors (Lipinski definition) is 8. The Morgan fingerprint density at radius 3 is 1.92 bits per heavy atom. The van der Waals surface area contributed by atoms with Crippen LogP contribution in [0.3, 0.4) is 0 Å². The Balaban J connectivity index is 1.09. The first-order valence-electron chi connectivity index (χ1n) is 16.8. The number of piperidine rings is 2. The van der Waals surface area contributed by atoms with Gasteiger partial charge in [0.15, 0.2) is 0 Å².